The third kappa shape index (κ3) is 4.40. The van der Waals surface area contributed by atoms with Crippen LogP contribution in [0.1, 0.15) is 36.4 Å². The van der Waals surface area contributed by atoms with Crippen LogP contribution in [0.15, 0.2) is 16.7 Å². The van der Waals surface area contributed by atoms with E-state index in [0.717, 1.165) is 0 Å². The van der Waals surface area contributed by atoms with Crippen LogP contribution in [0.2, 0.25) is 0 Å². The molecular formula is C13H19NO5. The fraction of sp³-hybridized carbons (Fsp3) is 0.538. The van der Waals surface area contributed by atoms with Crippen LogP contribution in [-0.4, -0.2) is 30.7 Å². The molecule has 0 aromatic carbocycles. The quantitative estimate of drug-likeness (QED) is 0.578. The average molecular weight is 269 g/mol. The Morgan fingerprint density at radius 2 is 2.16 bits per heavy atom. The molecule has 106 valence electrons. The van der Waals surface area contributed by atoms with Gasteiger partial charge in [-0.3, -0.25) is 4.79 Å². The van der Waals surface area contributed by atoms with Crippen molar-refractivity contribution in [2.24, 2.45) is 5.41 Å². The molecule has 0 amide bonds. The molecule has 0 bridgehead atoms. The lowest BCUT2D eigenvalue weighted by Gasteiger charge is -2.18. The Balaban J connectivity index is 2.36. The standard InChI is InChI=1S/C13H19NO5/c1-13(2,12(16)17)4-5-14-7-10-6-9(8-19-10)11(15)18-3/h6,8,14H,4-5,7H2,1-3H3,(H,16,17). The van der Waals surface area contributed by atoms with Gasteiger partial charge in [-0.2, -0.15) is 0 Å². The van der Waals surface area contributed by atoms with Crippen molar-refractivity contribution in [3.05, 3.63) is 23.7 Å². The molecule has 6 nitrogen and oxygen atoms in total. The number of rotatable bonds is 7. The number of esters is 1. The van der Waals surface area contributed by atoms with E-state index in [1.54, 1.807) is 19.9 Å². The van der Waals surface area contributed by atoms with Gasteiger partial charge in [0.05, 0.1) is 24.6 Å². The smallest absolute Gasteiger partial charge is 0.341 e. The first kappa shape index (κ1) is 15.2. The van der Waals surface area contributed by atoms with E-state index in [1.807, 2.05) is 0 Å². The van der Waals surface area contributed by atoms with Crippen molar-refractivity contribution < 1.29 is 23.8 Å². The monoisotopic (exact) mass is 269 g/mol. The summed E-state index contributed by atoms with van der Waals surface area (Å²) in [5, 5.41) is 12.0. The molecule has 2 N–H and O–H groups in total. The van der Waals surface area contributed by atoms with Crippen LogP contribution in [-0.2, 0) is 16.1 Å². The van der Waals surface area contributed by atoms with E-state index in [0.29, 0.717) is 30.8 Å². The average Bonchev–Trinajstić information content (AvgIpc) is 2.82. The van der Waals surface area contributed by atoms with Crippen LogP contribution in [0.3, 0.4) is 0 Å². The summed E-state index contributed by atoms with van der Waals surface area (Å²) in [6.07, 6.45) is 1.84. The maximum atomic E-state index is 11.2. The zero-order valence-corrected chi connectivity index (χ0v) is 11.4. The van der Waals surface area contributed by atoms with Gasteiger partial charge in [0.25, 0.3) is 0 Å². The Morgan fingerprint density at radius 3 is 2.74 bits per heavy atom. The number of carboxylic acids is 1. The summed E-state index contributed by atoms with van der Waals surface area (Å²) in [5.41, 5.74) is -0.391. The lowest BCUT2D eigenvalue weighted by molar-refractivity contribution is -0.147. The van der Waals surface area contributed by atoms with E-state index in [9.17, 15) is 9.59 Å². The van der Waals surface area contributed by atoms with Crippen molar-refractivity contribution in [1.29, 1.82) is 0 Å². The minimum atomic E-state index is -0.819. The highest BCUT2D eigenvalue weighted by Gasteiger charge is 2.26. The zero-order valence-electron chi connectivity index (χ0n) is 11.4. The highest BCUT2D eigenvalue weighted by molar-refractivity contribution is 5.88. The van der Waals surface area contributed by atoms with Crippen molar-refractivity contribution in [2.75, 3.05) is 13.7 Å². The minimum absolute atomic E-state index is 0.366. The molecule has 0 saturated carbocycles. The summed E-state index contributed by atoms with van der Waals surface area (Å²) in [7, 11) is 1.31. The van der Waals surface area contributed by atoms with Crippen molar-refractivity contribution in [3.63, 3.8) is 0 Å². The predicted molar refractivity (Wildman–Crippen MR) is 67.8 cm³/mol. The van der Waals surface area contributed by atoms with Gasteiger partial charge in [-0.05, 0) is 32.9 Å². The van der Waals surface area contributed by atoms with Crippen molar-refractivity contribution in [1.82, 2.24) is 5.32 Å². The molecule has 0 atom stereocenters. The van der Waals surface area contributed by atoms with Gasteiger partial charge in [-0.15, -0.1) is 0 Å². The van der Waals surface area contributed by atoms with Crippen LogP contribution < -0.4 is 5.32 Å². The molecule has 0 aliphatic carbocycles. The molecular weight excluding hydrogens is 250 g/mol. The van der Waals surface area contributed by atoms with E-state index >= 15 is 0 Å². The summed E-state index contributed by atoms with van der Waals surface area (Å²) >= 11 is 0. The highest BCUT2D eigenvalue weighted by Crippen LogP contribution is 2.19. The van der Waals surface area contributed by atoms with Gasteiger partial charge in [0.1, 0.15) is 12.0 Å². The Kier molecular flexibility index (Phi) is 5.11. The molecule has 0 aliphatic heterocycles. The molecule has 1 aromatic rings. The van der Waals surface area contributed by atoms with E-state index in [2.05, 4.69) is 10.1 Å². The topological polar surface area (TPSA) is 88.8 Å². The SMILES string of the molecule is COC(=O)c1coc(CNCCC(C)(C)C(=O)O)c1. The Labute approximate surface area is 111 Å². The molecule has 0 radical (unpaired) electrons. The number of aliphatic carboxylic acids is 1. The lowest BCUT2D eigenvalue weighted by Crippen LogP contribution is -2.28. The van der Waals surface area contributed by atoms with Crippen LogP contribution in [0.5, 0.6) is 0 Å². The molecule has 19 heavy (non-hydrogen) atoms. The maximum absolute atomic E-state index is 11.2. The number of carboxylic acid groups (broad SMARTS) is 1. The number of ether oxygens (including phenoxy) is 1. The van der Waals surface area contributed by atoms with Crippen LogP contribution >= 0.6 is 0 Å². The predicted octanol–water partition coefficient (Wildman–Crippen LogP) is 1.66. The van der Waals surface area contributed by atoms with Crippen LogP contribution in [0, 0.1) is 5.41 Å². The van der Waals surface area contributed by atoms with Gasteiger partial charge in [-0.25, -0.2) is 4.79 Å². The molecule has 0 spiro atoms. The molecule has 1 rings (SSSR count). The number of nitrogens with one attached hydrogen (secondary N) is 1. The van der Waals surface area contributed by atoms with Crippen molar-refractivity contribution in [3.8, 4) is 0 Å². The Hall–Kier alpha value is -1.82. The third-order valence-corrected chi connectivity index (χ3v) is 2.88. The number of methoxy groups -OCH3 is 1. The van der Waals surface area contributed by atoms with E-state index < -0.39 is 17.4 Å². The normalized spacial score (nSPS) is 11.3. The van der Waals surface area contributed by atoms with Gasteiger partial charge in [0.15, 0.2) is 0 Å². The largest absolute Gasteiger partial charge is 0.481 e. The minimum Gasteiger partial charge on any atom is -0.481 e. The van der Waals surface area contributed by atoms with Crippen LogP contribution in [0.4, 0.5) is 0 Å². The van der Waals surface area contributed by atoms with Gasteiger partial charge in [0.2, 0.25) is 0 Å². The second-order valence-electron chi connectivity index (χ2n) is 4.91. The second kappa shape index (κ2) is 6.38. The molecule has 6 heteroatoms. The molecule has 1 heterocycles. The molecule has 1 aromatic heterocycles. The maximum Gasteiger partial charge on any atom is 0.341 e. The number of hydrogen-bond donors (Lipinski definition) is 2. The summed E-state index contributed by atoms with van der Waals surface area (Å²) in [5.74, 6) is -0.657. The van der Waals surface area contributed by atoms with Gasteiger partial charge in [-0.1, -0.05) is 0 Å². The molecule has 0 aliphatic rings. The first-order valence-electron chi connectivity index (χ1n) is 5.96. The summed E-state index contributed by atoms with van der Waals surface area (Å²) < 4.78 is 9.75. The fourth-order valence-electron chi connectivity index (χ4n) is 1.42. The van der Waals surface area contributed by atoms with Crippen molar-refractivity contribution in [2.45, 2.75) is 26.8 Å². The van der Waals surface area contributed by atoms with Gasteiger partial charge >= 0.3 is 11.9 Å². The number of carbonyl (C=O) groups excluding carboxylic acids is 1. The fourth-order valence-corrected chi connectivity index (χ4v) is 1.42. The van der Waals surface area contributed by atoms with E-state index in [4.69, 9.17) is 9.52 Å². The first-order valence-corrected chi connectivity index (χ1v) is 5.96. The summed E-state index contributed by atoms with van der Waals surface area (Å²) in [4.78, 5) is 22.1. The third-order valence-electron chi connectivity index (χ3n) is 2.88. The van der Waals surface area contributed by atoms with Crippen LogP contribution in [0.25, 0.3) is 0 Å². The number of furan rings is 1. The number of carbonyl (C=O) groups is 2. The first-order chi connectivity index (χ1) is 8.86. The highest BCUT2D eigenvalue weighted by atomic mass is 16.5. The Morgan fingerprint density at radius 1 is 1.47 bits per heavy atom. The lowest BCUT2D eigenvalue weighted by atomic mass is 9.90. The zero-order chi connectivity index (χ0) is 14.5. The van der Waals surface area contributed by atoms with Gasteiger partial charge < -0.3 is 19.6 Å². The van der Waals surface area contributed by atoms with E-state index in [1.165, 1.54) is 13.4 Å². The van der Waals surface area contributed by atoms with Crippen molar-refractivity contribution >= 4 is 11.9 Å². The summed E-state index contributed by atoms with van der Waals surface area (Å²) in [6, 6.07) is 1.60. The molecule has 0 saturated heterocycles. The molecule has 0 fully saturated rings. The molecule has 0 unspecified atom stereocenters. The van der Waals surface area contributed by atoms with E-state index in [-0.39, 0.29) is 0 Å². The summed E-state index contributed by atoms with van der Waals surface area (Å²) in [6.45, 7) is 4.35. The second-order valence-corrected chi connectivity index (χ2v) is 4.91. The number of hydrogen-bond acceptors (Lipinski definition) is 5. The Bertz CT molecular complexity index is 450. The van der Waals surface area contributed by atoms with Gasteiger partial charge in [0, 0.05) is 0 Å².